The summed E-state index contributed by atoms with van der Waals surface area (Å²) in [5, 5.41) is 12.6. The lowest BCUT2D eigenvalue weighted by atomic mass is 10.1. The molecular weight excluding hydrogens is 230 g/mol. The predicted molar refractivity (Wildman–Crippen MR) is 72.3 cm³/mol. The van der Waals surface area contributed by atoms with Gasteiger partial charge in [0.05, 0.1) is 20.3 Å². The zero-order valence-electron chi connectivity index (χ0n) is 11.6. The third-order valence-corrected chi connectivity index (χ3v) is 2.92. The molecule has 0 aliphatic rings. The standard InChI is InChI=1S/C14H23NO3/c1-10(16)7-8-15-11(2)12-5-6-13(17-3)14(9-12)18-4/h5-6,9-11,15-16H,7-8H2,1-4H3. The van der Waals surface area contributed by atoms with Gasteiger partial charge in [0, 0.05) is 6.04 Å². The van der Waals surface area contributed by atoms with Crippen molar-refractivity contribution in [3.63, 3.8) is 0 Å². The molecular formula is C14H23NO3. The van der Waals surface area contributed by atoms with E-state index in [1.54, 1.807) is 21.1 Å². The van der Waals surface area contributed by atoms with Gasteiger partial charge in [0.25, 0.3) is 0 Å². The van der Waals surface area contributed by atoms with E-state index in [2.05, 4.69) is 12.2 Å². The molecule has 18 heavy (non-hydrogen) atoms. The van der Waals surface area contributed by atoms with Crippen LogP contribution in [0.1, 0.15) is 31.9 Å². The van der Waals surface area contributed by atoms with Crippen LogP contribution in [0.5, 0.6) is 11.5 Å². The zero-order chi connectivity index (χ0) is 13.5. The van der Waals surface area contributed by atoms with Gasteiger partial charge in [-0.2, -0.15) is 0 Å². The van der Waals surface area contributed by atoms with Crippen molar-refractivity contribution in [2.45, 2.75) is 32.4 Å². The van der Waals surface area contributed by atoms with Gasteiger partial charge in [0.2, 0.25) is 0 Å². The van der Waals surface area contributed by atoms with Gasteiger partial charge in [-0.05, 0) is 44.5 Å². The molecule has 0 saturated heterocycles. The van der Waals surface area contributed by atoms with E-state index in [1.807, 2.05) is 18.2 Å². The molecule has 0 aliphatic carbocycles. The van der Waals surface area contributed by atoms with Crippen LogP contribution in [0.15, 0.2) is 18.2 Å². The summed E-state index contributed by atoms with van der Waals surface area (Å²) in [5.74, 6) is 1.47. The Kier molecular flexibility index (Phi) is 5.95. The van der Waals surface area contributed by atoms with Gasteiger partial charge in [-0.3, -0.25) is 0 Å². The quantitative estimate of drug-likeness (QED) is 0.781. The molecule has 0 aromatic heterocycles. The number of hydrogen-bond acceptors (Lipinski definition) is 4. The number of ether oxygens (including phenoxy) is 2. The first kappa shape index (κ1) is 14.8. The second kappa shape index (κ2) is 7.24. The SMILES string of the molecule is COc1ccc(C(C)NCCC(C)O)cc1OC. The van der Waals surface area contributed by atoms with Gasteiger partial charge in [0.15, 0.2) is 11.5 Å². The summed E-state index contributed by atoms with van der Waals surface area (Å²) in [6.45, 7) is 4.67. The molecule has 2 unspecified atom stereocenters. The average Bonchev–Trinajstić information content (AvgIpc) is 2.37. The molecule has 0 spiro atoms. The van der Waals surface area contributed by atoms with Gasteiger partial charge >= 0.3 is 0 Å². The number of nitrogens with one attached hydrogen (secondary N) is 1. The maximum absolute atomic E-state index is 9.21. The number of hydrogen-bond donors (Lipinski definition) is 2. The first-order chi connectivity index (χ1) is 8.58. The Hall–Kier alpha value is -1.26. The van der Waals surface area contributed by atoms with Crippen molar-refractivity contribution < 1.29 is 14.6 Å². The topological polar surface area (TPSA) is 50.7 Å². The minimum absolute atomic E-state index is 0.212. The lowest BCUT2D eigenvalue weighted by Gasteiger charge is -2.17. The van der Waals surface area contributed by atoms with Crippen molar-refractivity contribution in [3.8, 4) is 11.5 Å². The Morgan fingerprint density at radius 2 is 1.83 bits per heavy atom. The van der Waals surface area contributed by atoms with Gasteiger partial charge in [-0.15, -0.1) is 0 Å². The van der Waals surface area contributed by atoms with Gasteiger partial charge in [-0.25, -0.2) is 0 Å². The molecule has 2 atom stereocenters. The lowest BCUT2D eigenvalue weighted by molar-refractivity contribution is 0.182. The van der Waals surface area contributed by atoms with Crippen LogP contribution in [0.4, 0.5) is 0 Å². The molecule has 1 aromatic carbocycles. The molecule has 4 nitrogen and oxygen atoms in total. The molecule has 0 saturated carbocycles. The van der Waals surface area contributed by atoms with Gasteiger partial charge < -0.3 is 19.9 Å². The first-order valence-corrected chi connectivity index (χ1v) is 6.21. The molecule has 0 radical (unpaired) electrons. The summed E-state index contributed by atoms with van der Waals surface area (Å²) < 4.78 is 10.5. The van der Waals surface area contributed by atoms with E-state index in [9.17, 15) is 5.11 Å². The minimum atomic E-state index is -0.268. The lowest BCUT2D eigenvalue weighted by Crippen LogP contribution is -2.22. The summed E-state index contributed by atoms with van der Waals surface area (Å²) >= 11 is 0. The predicted octanol–water partition coefficient (Wildman–Crippen LogP) is 2.13. The van der Waals surface area contributed by atoms with Crippen LogP contribution in [0.3, 0.4) is 0 Å². The van der Waals surface area contributed by atoms with Crippen LogP contribution in [0, 0.1) is 0 Å². The van der Waals surface area contributed by atoms with E-state index in [4.69, 9.17) is 9.47 Å². The molecule has 0 heterocycles. The van der Waals surface area contributed by atoms with Crippen LogP contribution in [0.2, 0.25) is 0 Å². The first-order valence-electron chi connectivity index (χ1n) is 6.21. The highest BCUT2D eigenvalue weighted by Crippen LogP contribution is 2.29. The highest BCUT2D eigenvalue weighted by Gasteiger charge is 2.09. The van der Waals surface area contributed by atoms with E-state index in [1.165, 1.54) is 0 Å². The molecule has 4 heteroatoms. The fourth-order valence-electron chi connectivity index (χ4n) is 1.75. The molecule has 1 aromatic rings. The Bertz CT molecular complexity index is 366. The van der Waals surface area contributed by atoms with Crippen molar-refractivity contribution in [1.82, 2.24) is 5.32 Å². The summed E-state index contributed by atoms with van der Waals surface area (Å²) in [5.41, 5.74) is 1.14. The second-order valence-electron chi connectivity index (χ2n) is 4.43. The van der Waals surface area contributed by atoms with Crippen LogP contribution < -0.4 is 14.8 Å². The van der Waals surface area contributed by atoms with Crippen LogP contribution in [-0.2, 0) is 0 Å². The molecule has 2 N–H and O–H groups in total. The largest absolute Gasteiger partial charge is 0.493 e. The van der Waals surface area contributed by atoms with E-state index < -0.39 is 0 Å². The van der Waals surface area contributed by atoms with E-state index >= 15 is 0 Å². The van der Waals surface area contributed by atoms with E-state index in [0.29, 0.717) is 0 Å². The second-order valence-corrected chi connectivity index (χ2v) is 4.43. The molecule has 0 fully saturated rings. The van der Waals surface area contributed by atoms with E-state index in [0.717, 1.165) is 30.0 Å². The van der Waals surface area contributed by atoms with Gasteiger partial charge in [0.1, 0.15) is 0 Å². The fraction of sp³-hybridized carbons (Fsp3) is 0.571. The Morgan fingerprint density at radius 1 is 1.17 bits per heavy atom. The smallest absolute Gasteiger partial charge is 0.161 e. The van der Waals surface area contributed by atoms with Crippen LogP contribution in [0.25, 0.3) is 0 Å². The Balaban J connectivity index is 2.65. The summed E-state index contributed by atoms with van der Waals surface area (Å²) in [4.78, 5) is 0. The van der Waals surface area contributed by atoms with Gasteiger partial charge in [-0.1, -0.05) is 6.07 Å². The number of benzene rings is 1. The number of rotatable bonds is 7. The van der Waals surface area contributed by atoms with Crippen molar-refractivity contribution in [2.75, 3.05) is 20.8 Å². The number of methoxy groups -OCH3 is 2. The third kappa shape index (κ3) is 4.20. The van der Waals surface area contributed by atoms with Crippen LogP contribution in [-0.4, -0.2) is 32.0 Å². The minimum Gasteiger partial charge on any atom is -0.493 e. The number of aliphatic hydroxyl groups excluding tert-OH is 1. The maximum atomic E-state index is 9.21. The molecule has 1 rings (SSSR count). The normalized spacial score (nSPS) is 14.1. The van der Waals surface area contributed by atoms with Crippen LogP contribution >= 0.6 is 0 Å². The summed E-state index contributed by atoms with van der Waals surface area (Å²) in [6, 6.07) is 6.10. The zero-order valence-corrected chi connectivity index (χ0v) is 11.6. The number of aliphatic hydroxyl groups is 1. The molecule has 0 aliphatic heterocycles. The summed E-state index contributed by atoms with van der Waals surface area (Å²) in [6.07, 6.45) is 0.479. The molecule has 0 bridgehead atoms. The monoisotopic (exact) mass is 253 g/mol. The third-order valence-electron chi connectivity index (χ3n) is 2.92. The Labute approximate surface area is 109 Å². The van der Waals surface area contributed by atoms with Crippen molar-refractivity contribution in [3.05, 3.63) is 23.8 Å². The summed E-state index contributed by atoms with van der Waals surface area (Å²) in [7, 11) is 3.26. The van der Waals surface area contributed by atoms with Crippen molar-refractivity contribution in [1.29, 1.82) is 0 Å². The van der Waals surface area contributed by atoms with Crippen molar-refractivity contribution in [2.24, 2.45) is 0 Å². The maximum Gasteiger partial charge on any atom is 0.161 e. The highest BCUT2D eigenvalue weighted by molar-refractivity contribution is 5.43. The average molecular weight is 253 g/mol. The molecule has 102 valence electrons. The molecule has 0 amide bonds. The fourth-order valence-corrected chi connectivity index (χ4v) is 1.75. The van der Waals surface area contributed by atoms with E-state index in [-0.39, 0.29) is 12.1 Å². The Morgan fingerprint density at radius 3 is 2.39 bits per heavy atom. The highest BCUT2D eigenvalue weighted by atomic mass is 16.5. The van der Waals surface area contributed by atoms with Crippen molar-refractivity contribution >= 4 is 0 Å².